The lowest BCUT2D eigenvalue weighted by Crippen LogP contribution is -2.43. The first-order valence-corrected chi connectivity index (χ1v) is 14.7. The van der Waals surface area contributed by atoms with Crippen LogP contribution in [0.2, 0.25) is 0 Å². The molecule has 0 spiro atoms. The number of benzene rings is 3. The van der Waals surface area contributed by atoms with Gasteiger partial charge in [0.05, 0.1) is 12.6 Å². The van der Waals surface area contributed by atoms with Crippen molar-refractivity contribution in [1.82, 2.24) is 9.80 Å². The van der Waals surface area contributed by atoms with Gasteiger partial charge in [-0.2, -0.15) is 0 Å². The van der Waals surface area contributed by atoms with E-state index in [-0.39, 0.29) is 19.1 Å². The molecule has 0 unspecified atom stereocenters. The lowest BCUT2D eigenvalue weighted by Gasteiger charge is -2.29. The van der Waals surface area contributed by atoms with Crippen molar-refractivity contribution in [2.45, 2.75) is 64.4 Å². The molecule has 2 N–H and O–H groups in total. The number of nitrogens with zero attached hydrogens (tertiary/aromatic N) is 2. The molecule has 9 heteroatoms. The van der Waals surface area contributed by atoms with E-state index >= 15 is 0 Å². The van der Waals surface area contributed by atoms with Gasteiger partial charge in [-0.15, -0.1) is 0 Å². The maximum absolute atomic E-state index is 13.1. The summed E-state index contributed by atoms with van der Waals surface area (Å²) in [5, 5.41) is 13.7. The van der Waals surface area contributed by atoms with Gasteiger partial charge < -0.3 is 24.8 Å². The summed E-state index contributed by atoms with van der Waals surface area (Å²) in [5.74, 6) is -0.257. The van der Waals surface area contributed by atoms with Crippen LogP contribution in [0.5, 0.6) is 0 Å². The number of aliphatic hydroxyl groups is 1. The van der Waals surface area contributed by atoms with Gasteiger partial charge in [0, 0.05) is 18.8 Å². The molecule has 0 aliphatic carbocycles. The molecular weight excluding hydrogens is 546 g/mol. The zero-order valence-corrected chi connectivity index (χ0v) is 25.1. The van der Waals surface area contributed by atoms with Gasteiger partial charge in [-0.1, -0.05) is 72.8 Å². The predicted molar refractivity (Wildman–Crippen MR) is 164 cm³/mol. The molecule has 9 nitrogen and oxygen atoms in total. The summed E-state index contributed by atoms with van der Waals surface area (Å²) in [6.45, 7) is 6.48. The van der Waals surface area contributed by atoms with Gasteiger partial charge >= 0.3 is 12.2 Å². The fourth-order valence-corrected chi connectivity index (χ4v) is 4.88. The molecule has 1 saturated heterocycles. The average molecular weight is 588 g/mol. The zero-order valence-electron chi connectivity index (χ0n) is 25.1. The number of carbonyl (C=O) groups excluding carboxylic acids is 3. The number of anilines is 1. The number of amides is 3. The Hall–Kier alpha value is -4.37. The topological polar surface area (TPSA) is 108 Å². The highest BCUT2D eigenvalue weighted by Gasteiger charge is 2.35. The fraction of sp³-hybridized carbons (Fsp3) is 0.382. The molecule has 1 aliphatic rings. The summed E-state index contributed by atoms with van der Waals surface area (Å²) in [6, 6.07) is 25.4. The van der Waals surface area contributed by atoms with E-state index in [1.807, 2.05) is 93.6 Å². The number of nitrogens with one attached hydrogen (secondary N) is 1. The van der Waals surface area contributed by atoms with Crippen LogP contribution in [0.25, 0.3) is 0 Å². The van der Waals surface area contributed by atoms with Crippen LogP contribution in [-0.2, 0) is 27.3 Å². The number of hydrogen-bond donors (Lipinski definition) is 2. The van der Waals surface area contributed by atoms with Crippen molar-refractivity contribution < 1.29 is 29.0 Å². The lowest BCUT2D eigenvalue weighted by atomic mass is 10.1. The Labute approximate surface area is 253 Å². The Balaban J connectivity index is 1.32. The van der Waals surface area contributed by atoms with Gasteiger partial charge in [-0.05, 0) is 68.9 Å². The molecule has 0 radical (unpaired) electrons. The molecule has 228 valence electrons. The third-order valence-electron chi connectivity index (χ3n) is 7.12. The van der Waals surface area contributed by atoms with Crippen LogP contribution < -0.4 is 5.32 Å². The average Bonchev–Trinajstić information content (AvgIpc) is 3.49. The molecule has 3 amide bonds. The monoisotopic (exact) mass is 587 g/mol. The standard InChI is InChI=1S/C34H41N3O6/c1-34(2,3)43-32(40)36(23-30(38)27-13-8-5-9-14-27)22-20-25-16-18-28(19-17-25)35-31(39)29-15-10-21-37(29)33(41)42-24-26-11-6-4-7-12-26/h4-9,11-14,16-19,29-30,38H,10,15,20-24H2,1-3H3,(H,35,39)/t29-,30+/m1/s1. The first kappa shape index (κ1) is 31.6. The van der Waals surface area contributed by atoms with Crippen molar-refractivity contribution in [2.24, 2.45) is 0 Å². The van der Waals surface area contributed by atoms with Crippen LogP contribution in [0.1, 0.15) is 56.4 Å². The number of ether oxygens (including phenoxy) is 2. The highest BCUT2D eigenvalue weighted by atomic mass is 16.6. The normalized spacial score (nSPS) is 15.4. The summed E-state index contributed by atoms with van der Waals surface area (Å²) in [7, 11) is 0. The third kappa shape index (κ3) is 9.58. The Morgan fingerprint density at radius 3 is 2.26 bits per heavy atom. The summed E-state index contributed by atoms with van der Waals surface area (Å²) in [6.07, 6.45) is -0.0151. The number of aliphatic hydroxyl groups excluding tert-OH is 1. The zero-order chi connectivity index (χ0) is 30.8. The first-order valence-electron chi connectivity index (χ1n) is 14.7. The van der Waals surface area contributed by atoms with Gasteiger partial charge in [0.2, 0.25) is 5.91 Å². The van der Waals surface area contributed by atoms with E-state index in [1.54, 1.807) is 12.1 Å². The molecule has 1 fully saturated rings. The van der Waals surface area contributed by atoms with Crippen LogP contribution in [0, 0.1) is 0 Å². The number of rotatable bonds is 10. The van der Waals surface area contributed by atoms with Gasteiger partial charge in [-0.25, -0.2) is 9.59 Å². The van der Waals surface area contributed by atoms with Gasteiger partial charge in [-0.3, -0.25) is 9.69 Å². The molecule has 0 aromatic heterocycles. The Morgan fingerprint density at radius 2 is 1.60 bits per heavy atom. The maximum Gasteiger partial charge on any atom is 0.410 e. The van der Waals surface area contributed by atoms with Crippen LogP contribution in [0.15, 0.2) is 84.9 Å². The van der Waals surface area contributed by atoms with E-state index < -0.39 is 29.9 Å². The third-order valence-corrected chi connectivity index (χ3v) is 7.12. The Morgan fingerprint density at radius 1 is 0.953 bits per heavy atom. The minimum absolute atomic E-state index is 0.0960. The largest absolute Gasteiger partial charge is 0.445 e. The summed E-state index contributed by atoms with van der Waals surface area (Å²) >= 11 is 0. The van der Waals surface area contributed by atoms with E-state index in [1.165, 1.54) is 9.80 Å². The second-order valence-electron chi connectivity index (χ2n) is 11.7. The van der Waals surface area contributed by atoms with Crippen molar-refractivity contribution in [3.63, 3.8) is 0 Å². The van der Waals surface area contributed by atoms with Crippen LogP contribution in [0.3, 0.4) is 0 Å². The van der Waals surface area contributed by atoms with E-state index in [2.05, 4.69) is 5.32 Å². The minimum atomic E-state index is -0.850. The molecule has 0 saturated carbocycles. The minimum Gasteiger partial charge on any atom is -0.445 e. The molecule has 43 heavy (non-hydrogen) atoms. The van der Waals surface area contributed by atoms with Crippen molar-refractivity contribution in [3.8, 4) is 0 Å². The number of carbonyl (C=O) groups is 3. The first-order chi connectivity index (χ1) is 20.6. The molecule has 2 atom stereocenters. The second kappa shape index (κ2) is 14.7. The predicted octanol–water partition coefficient (Wildman–Crippen LogP) is 5.94. The van der Waals surface area contributed by atoms with E-state index in [0.29, 0.717) is 31.6 Å². The smallest absolute Gasteiger partial charge is 0.410 e. The Bertz CT molecular complexity index is 1340. The van der Waals surface area contributed by atoms with Gasteiger partial charge in [0.25, 0.3) is 0 Å². The molecule has 3 aromatic rings. The van der Waals surface area contributed by atoms with Gasteiger partial charge in [0.15, 0.2) is 0 Å². The maximum atomic E-state index is 13.1. The fourth-order valence-electron chi connectivity index (χ4n) is 4.88. The van der Waals surface area contributed by atoms with Crippen molar-refractivity contribution in [2.75, 3.05) is 25.0 Å². The SMILES string of the molecule is CC(C)(C)OC(=O)N(CCc1ccc(NC(=O)[C@H]2CCCN2C(=O)OCc2ccccc2)cc1)C[C@H](O)c1ccccc1. The van der Waals surface area contributed by atoms with Crippen molar-refractivity contribution in [1.29, 1.82) is 0 Å². The molecule has 1 heterocycles. The summed E-state index contributed by atoms with van der Waals surface area (Å²) in [4.78, 5) is 41.7. The van der Waals surface area contributed by atoms with Crippen molar-refractivity contribution >= 4 is 23.8 Å². The van der Waals surface area contributed by atoms with E-state index in [4.69, 9.17) is 9.47 Å². The van der Waals surface area contributed by atoms with Gasteiger partial charge in [0.1, 0.15) is 18.2 Å². The summed E-state index contributed by atoms with van der Waals surface area (Å²) < 4.78 is 11.0. The van der Waals surface area contributed by atoms with Crippen LogP contribution >= 0.6 is 0 Å². The molecule has 1 aliphatic heterocycles. The number of likely N-dealkylation sites (tertiary alicyclic amines) is 1. The van der Waals surface area contributed by atoms with Crippen molar-refractivity contribution in [3.05, 3.63) is 102 Å². The van der Waals surface area contributed by atoms with E-state index in [9.17, 15) is 19.5 Å². The van der Waals surface area contributed by atoms with Crippen LogP contribution in [0.4, 0.5) is 15.3 Å². The highest BCUT2D eigenvalue weighted by molar-refractivity contribution is 5.96. The van der Waals surface area contributed by atoms with Crippen LogP contribution in [-0.4, -0.2) is 64.3 Å². The highest BCUT2D eigenvalue weighted by Crippen LogP contribution is 2.22. The Kier molecular flexibility index (Phi) is 10.8. The molecule has 3 aromatic carbocycles. The lowest BCUT2D eigenvalue weighted by molar-refractivity contribution is -0.120. The quantitative estimate of drug-likeness (QED) is 0.304. The summed E-state index contributed by atoms with van der Waals surface area (Å²) in [5.41, 5.74) is 2.51. The van der Waals surface area contributed by atoms with E-state index in [0.717, 1.165) is 23.1 Å². The molecular formula is C34H41N3O6. The second-order valence-corrected chi connectivity index (χ2v) is 11.7. The molecule has 0 bridgehead atoms. The molecule has 4 rings (SSSR count). The number of hydrogen-bond acceptors (Lipinski definition) is 6.